The molecule has 2 saturated heterocycles. The van der Waals surface area contributed by atoms with E-state index in [2.05, 4.69) is 13.8 Å². The lowest BCUT2D eigenvalue weighted by Crippen LogP contribution is -2.29. The zero-order valence-corrected chi connectivity index (χ0v) is 12.4. The molecule has 0 aromatic carbocycles. The van der Waals surface area contributed by atoms with Crippen molar-refractivity contribution in [2.24, 2.45) is 23.7 Å². The SMILES string of the molecule is CC1CC2OC2CC1CC1CC2OC2CC1C.O=CO. The Labute approximate surface area is 120 Å². The standard InChI is InChI=1S/C15H24O2.CH2O2/c1-8-3-12-14(16-12)6-10(8)5-11-7-15-13(17-15)4-9(11)2;2-1-3/h8-15H,3-7H2,1-2H3;1H,(H,2,3). The summed E-state index contributed by atoms with van der Waals surface area (Å²) >= 11 is 0. The summed E-state index contributed by atoms with van der Waals surface area (Å²) in [6.07, 6.45) is 9.30. The van der Waals surface area contributed by atoms with E-state index in [1.165, 1.54) is 32.1 Å². The zero-order valence-electron chi connectivity index (χ0n) is 12.4. The summed E-state index contributed by atoms with van der Waals surface area (Å²) in [5.41, 5.74) is 0. The Morgan fingerprint density at radius 2 is 1.25 bits per heavy atom. The van der Waals surface area contributed by atoms with Gasteiger partial charge in [-0.3, -0.25) is 4.79 Å². The Kier molecular flexibility index (Phi) is 4.04. The Morgan fingerprint density at radius 3 is 1.65 bits per heavy atom. The van der Waals surface area contributed by atoms with Crippen LogP contribution in [0.25, 0.3) is 0 Å². The molecule has 4 heteroatoms. The third-order valence-corrected chi connectivity index (χ3v) is 5.87. The fourth-order valence-corrected chi connectivity index (χ4v) is 4.41. The van der Waals surface area contributed by atoms with Crippen LogP contribution in [0.2, 0.25) is 0 Å². The highest BCUT2D eigenvalue weighted by atomic mass is 16.6. The Morgan fingerprint density at radius 1 is 0.900 bits per heavy atom. The Hall–Kier alpha value is -0.610. The first-order valence-electron chi connectivity index (χ1n) is 8.01. The van der Waals surface area contributed by atoms with Gasteiger partial charge >= 0.3 is 0 Å². The summed E-state index contributed by atoms with van der Waals surface area (Å²) in [4.78, 5) is 8.36. The summed E-state index contributed by atoms with van der Waals surface area (Å²) < 4.78 is 11.4. The molecule has 4 fully saturated rings. The molecule has 4 rings (SSSR count). The molecule has 0 aromatic heterocycles. The van der Waals surface area contributed by atoms with Crippen molar-refractivity contribution in [3.8, 4) is 0 Å². The average molecular weight is 282 g/mol. The van der Waals surface area contributed by atoms with Gasteiger partial charge in [-0.2, -0.15) is 0 Å². The molecule has 4 nitrogen and oxygen atoms in total. The molecular weight excluding hydrogens is 256 g/mol. The largest absolute Gasteiger partial charge is 0.483 e. The van der Waals surface area contributed by atoms with Gasteiger partial charge in [0.25, 0.3) is 6.47 Å². The maximum absolute atomic E-state index is 8.36. The summed E-state index contributed by atoms with van der Waals surface area (Å²) in [7, 11) is 0. The van der Waals surface area contributed by atoms with Crippen LogP contribution in [0.15, 0.2) is 0 Å². The number of carboxylic acid groups (broad SMARTS) is 1. The van der Waals surface area contributed by atoms with E-state index in [1.54, 1.807) is 0 Å². The van der Waals surface area contributed by atoms with Crippen molar-refractivity contribution >= 4 is 6.47 Å². The van der Waals surface area contributed by atoms with E-state index in [1.807, 2.05) is 0 Å². The normalized spacial score (nSPS) is 51.9. The molecule has 1 N–H and O–H groups in total. The second-order valence-electron chi connectivity index (χ2n) is 7.18. The number of rotatable bonds is 2. The second-order valence-corrected chi connectivity index (χ2v) is 7.18. The molecule has 114 valence electrons. The van der Waals surface area contributed by atoms with Crippen LogP contribution < -0.4 is 0 Å². The number of hydrogen-bond acceptors (Lipinski definition) is 3. The lowest BCUT2D eigenvalue weighted by Gasteiger charge is -2.34. The Balaban J connectivity index is 0.000000373. The summed E-state index contributed by atoms with van der Waals surface area (Å²) in [5.74, 6) is 3.59. The monoisotopic (exact) mass is 282 g/mol. The number of epoxide rings is 2. The van der Waals surface area contributed by atoms with E-state index in [0.29, 0.717) is 24.4 Å². The van der Waals surface area contributed by atoms with Crippen molar-refractivity contribution in [3.63, 3.8) is 0 Å². The molecular formula is C16H26O4. The third kappa shape index (κ3) is 3.01. The van der Waals surface area contributed by atoms with E-state index >= 15 is 0 Å². The van der Waals surface area contributed by atoms with Gasteiger partial charge < -0.3 is 14.6 Å². The predicted molar refractivity (Wildman–Crippen MR) is 74.4 cm³/mol. The number of fused-ring (bicyclic) bond motifs is 2. The van der Waals surface area contributed by atoms with Crippen molar-refractivity contribution in [2.45, 2.75) is 70.4 Å². The minimum absolute atomic E-state index is 0.250. The van der Waals surface area contributed by atoms with Gasteiger partial charge in [0, 0.05) is 0 Å². The van der Waals surface area contributed by atoms with Crippen LogP contribution in [0.5, 0.6) is 0 Å². The van der Waals surface area contributed by atoms with Gasteiger partial charge in [-0.15, -0.1) is 0 Å². The van der Waals surface area contributed by atoms with Gasteiger partial charge in [0.15, 0.2) is 0 Å². The fraction of sp³-hybridized carbons (Fsp3) is 0.938. The first kappa shape index (κ1) is 14.3. The minimum atomic E-state index is -0.250. The van der Waals surface area contributed by atoms with Gasteiger partial charge in [-0.25, -0.2) is 0 Å². The van der Waals surface area contributed by atoms with Crippen LogP contribution >= 0.6 is 0 Å². The number of ether oxygens (including phenoxy) is 2. The van der Waals surface area contributed by atoms with E-state index in [-0.39, 0.29) is 6.47 Å². The molecule has 0 spiro atoms. The van der Waals surface area contributed by atoms with Gasteiger partial charge in [0.2, 0.25) is 0 Å². The van der Waals surface area contributed by atoms with E-state index in [4.69, 9.17) is 19.4 Å². The lowest BCUT2D eigenvalue weighted by atomic mass is 9.70. The van der Waals surface area contributed by atoms with Crippen molar-refractivity contribution in [1.29, 1.82) is 0 Å². The van der Waals surface area contributed by atoms with Crippen molar-refractivity contribution in [1.82, 2.24) is 0 Å². The van der Waals surface area contributed by atoms with E-state index in [9.17, 15) is 0 Å². The Bertz CT molecular complexity index is 328. The maximum atomic E-state index is 8.36. The molecule has 2 saturated carbocycles. The quantitative estimate of drug-likeness (QED) is 0.625. The van der Waals surface area contributed by atoms with E-state index in [0.717, 1.165) is 23.7 Å². The smallest absolute Gasteiger partial charge is 0.290 e. The van der Waals surface area contributed by atoms with Crippen molar-refractivity contribution in [2.75, 3.05) is 0 Å². The predicted octanol–water partition coefficient (Wildman–Crippen LogP) is 2.70. The topological polar surface area (TPSA) is 62.4 Å². The molecule has 2 aliphatic heterocycles. The average Bonchev–Trinajstić information content (AvgIpc) is 3.27. The molecule has 20 heavy (non-hydrogen) atoms. The molecule has 0 aromatic rings. The van der Waals surface area contributed by atoms with Crippen molar-refractivity contribution in [3.05, 3.63) is 0 Å². The highest BCUT2D eigenvalue weighted by Gasteiger charge is 2.50. The molecule has 0 bridgehead atoms. The zero-order chi connectivity index (χ0) is 14.3. The maximum Gasteiger partial charge on any atom is 0.290 e. The van der Waals surface area contributed by atoms with Crippen LogP contribution in [0.4, 0.5) is 0 Å². The van der Waals surface area contributed by atoms with Crippen LogP contribution in [0.3, 0.4) is 0 Å². The highest BCUT2D eigenvalue weighted by molar-refractivity contribution is 5.32. The first-order chi connectivity index (χ1) is 9.62. The molecule has 8 unspecified atom stereocenters. The minimum Gasteiger partial charge on any atom is -0.483 e. The molecule has 0 amide bonds. The van der Waals surface area contributed by atoms with Crippen LogP contribution in [0.1, 0.15) is 46.0 Å². The molecule has 2 aliphatic carbocycles. The van der Waals surface area contributed by atoms with E-state index < -0.39 is 0 Å². The highest BCUT2D eigenvalue weighted by Crippen LogP contribution is 2.49. The number of hydrogen-bond donors (Lipinski definition) is 1. The van der Waals surface area contributed by atoms with Crippen LogP contribution in [0, 0.1) is 23.7 Å². The van der Waals surface area contributed by atoms with Crippen molar-refractivity contribution < 1.29 is 19.4 Å². The molecule has 0 radical (unpaired) electrons. The number of carbonyl (C=O) groups is 1. The summed E-state index contributed by atoms with van der Waals surface area (Å²) in [6.45, 7) is 4.62. The van der Waals surface area contributed by atoms with Gasteiger partial charge in [0.1, 0.15) is 0 Å². The first-order valence-corrected chi connectivity index (χ1v) is 8.01. The molecule has 8 atom stereocenters. The van der Waals surface area contributed by atoms with Crippen LogP contribution in [-0.2, 0) is 14.3 Å². The van der Waals surface area contributed by atoms with Gasteiger partial charge in [-0.1, -0.05) is 13.8 Å². The van der Waals surface area contributed by atoms with Gasteiger partial charge in [-0.05, 0) is 55.8 Å². The third-order valence-electron chi connectivity index (χ3n) is 5.87. The van der Waals surface area contributed by atoms with Crippen LogP contribution in [-0.4, -0.2) is 36.0 Å². The second kappa shape index (κ2) is 5.64. The fourth-order valence-electron chi connectivity index (χ4n) is 4.41. The molecule has 4 aliphatic rings. The van der Waals surface area contributed by atoms with Gasteiger partial charge in [0.05, 0.1) is 24.4 Å². The summed E-state index contributed by atoms with van der Waals surface area (Å²) in [6, 6.07) is 0. The lowest BCUT2D eigenvalue weighted by molar-refractivity contribution is -0.122. The molecule has 2 heterocycles. The summed E-state index contributed by atoms with van der Waals surface area (Å²) in [5, 5.41) is 6.89.